The summed E-state index contributed by atoms with van der Waals surface area (Å²) in [6.07, 6.45) is 2.02. The molecular weight excluding hydrogens is 440 g/mol. The minimum absolute atomic E-state index is 0.0250. The molecule has 3 aromatic rings. The van der Waals surface area contributed by atoms with Gasteiger partial charge in [0.25, 0.3) is 0 Å². The lowest BCUT2D eigenvalue weighted by atomic mass is 9.94. The summed E-state index contributed by atoms with van der Waals surface area (Å²) in [5.74, 6) is -1.50. The first-order valence-corrected chi connectivity index (χ1v) is 12.6. The Balaban J connectivity index is 1.86. The molecule has 7 nitrogen and oxygen atoms in total. The molecule has 0 aliphatic carbocycles. The van der Waals surface area contributed by atoms with E-state index in [9.17, 15) is 18.0 Å². The highest BCUT2D eigenvalue weighted by molar-refractivity contribution is 7.88. The number of carboxylic acids is 1. The molecule has 1 atom stereocenters. The molecule has 8 heteroatoms. The number of carbonyl (C=O) groups is 2. The number of benzene rings is 3. The van der Waals surface area contributed by atoms with Gasteiger partial charge >= 0.3 is 5.97 Å². The third-order valence-electron chi connectivity index (χ3n) is 5.49. The number of carboxylic acid groups (broad SMARTS) is 1. The first-order chi connectivity index (χ1) is 15.6. The normalized spacial score (nSPS) is 12.4. The zero-order valence-electron chi connectivity index (χ0n) is 18.7. The molecule has 0 aliphatic rings. The SMILES string of the molecule is CC(C(=O)Nc1cc(CNS(C)(=O)=O)ccc1CCCC(=O)O)c1cccc2ccccc12. The Kier molecular flexibility index (Phi) is 7.84. The highest BCUT2D eigenvalue weighted by Crippen LogP contribution is 2.28. The average molecular weight is 469 g/mol. The highest BCUT2D eigenvalue weighted by atomic mass is 32.2. The fourth-order valence-electron chi connectivity index (χ4n) is 3.72. The topological polar surface area (TPSA) is 113 Å². The number of anilines is 1. The molecule has 0 fully saturated rings. The van der Waals surface area contributed by atoms with Crippen molar-refractivity contribution in [3.63, 3.8) is 0 Å². The Morgan fingerprint density at radius 1 is 1.03 bits per heavy atom. The van der Waals surface area contributed by atoms with E-state index in [0.717, 1.165) is 28.2 Å². The van der Waals surface area contributed by atoms with Crippen LogP contribution in [0.5, 0.6) is 0 Å². The Labute approximate surface area is 193 Å². The number of nitrogens with one attached hydrogen (secondary N) is 2. The number of aryl methyl sites for hydroxylation is 1. The Morgan fingerprint density at radius 2 is 1.76 bits per heavy atom. The van der Waals surface area contributed by atoms with Gasteiger partial charge in [0.05, 0.1) is 12.2 Å². The van der Waals surface area contributed by atoms with Crippen molar-refractivity contribution in [2.24, 2.45) is 0 Å². The van der Waals surface area contributed by atoms with Crippen LogP contribution in [-0.2, 0) is 32.6 Å². The van der Waals surface area contributed by atoms with Gasteiger partial charge in [-0.15, -0.1) is 0 Å². The quantitative estimate of drug-likeness (QED) is 0.416. The number of rotatable bonds is 10. The molecule has 0 heterocycles. The average Bonchev–Trinajstić information content (AvgIpc) is 2.77. The molecule has 1 unspecified atom stereocenters. The van der Waals surface area contributed by atoms with Crippen molar-refractivity contribution in [3.05, 3.63) is 77.4 Å². The van der Waals surface area contributed by atoms with Crippen LogP contribution in [0.4, 0.5) is 5.69 Å². The Hall–Kier alpha value is -3.23. The molecule has 0 saturated carbocycles. The van der Waals surface area contributed by atoms with Gasteiger partial charge in [0.1, 0.15) is 0 Å². The van der Waals surface area contributed by atoms with Gasteiger partial charge in [-0.05, 0) is 53.3 Å². The third kappa shape index (κ3) is 6.87. The lowest BCUT2D eigenvalue weighted by Crippen LogP contribution is -2.22. The molecule has 0 aromatic heterocycles. The molecule has 0 radical (unpaired) electrons. The molecule has 1 amide bonds. The maximum atomic E-state index is 13.2. The molecule has 33 heavy (non-hydrogen) atoms. The fraction of sp³-hybridized carbons (Fsp3) is 0.280. The maximum Gasteiger partial charge on any atom is 0.303 e. The van der Waals surface area contributed by atoms with Gasteiger partial charge in [-0.3, -0.25) is 9.59 Å². The minimum Gasteiger partial charge on any atom is -0.481 e. The van der Waals surface area contributed by atoms with Gasteiger partial charge in [-0.2, -0.15) is 0 Å². The maximum absolute atomic E-state index is 13.2. The third-order valence-corrected chi connectivity index (χ3v) is 6.16. The Bertz CT molecular complexity index is 1270. The van der Waals surface area contributed by atoms with Crippen molar-refractivity contribution < 1.29 is 23.1 Å². The van der Waals surface area contributed by atoms with Crippen LogP contribution < -0.4 is 10.0 Å². The van der Waals surface area contributed by atoms with Gasteiger partial charge in [-0.25, -0.2) is 13.1 Å². The van der Waals surface area contributed by atoms with Gasteiger partial charge in [-0.1, -0.05) is 54.6 Å². The molecule has 0 saturated heterocycles. The lowest BCUT2D eigenvalue weighted by molar-refractivity contribution is -0.137. The first-order valence-electron chi connectivity index (χ1n) is 10.7. The molecule has 3 rings (SSSR count). The molecular formula is C25H28N2O5S. The minimum atomic E-state index is -3.36. The standard InChI is InChI=1S/C25H28N2O5S/c1-17(21-11-5-8-19-7-3-4-10-22(19)21)25(30)27-23-15-18(16-26-33(2,31)32)13-14-20(23)9-6-12-24(28)29/h3-5,7-8,10-11,13-15,17,26H,6,9,12,16H2,1-2H3,(H,27,30)(H,28,29). The van der Waals surface area contributed by atoms with Crippen molar-refractivity contribution in [1.82, 2.24) is 4.72 Å². The van der Waals surface area contributed by atoms with E-state index in [-0.39, 0.29) is 18.9 Å². The number of amides is 1. The van der Waals surface area contributed by atoms with E-state index in [0.29, 0.717) is 24.1 Å². The van der Waals surface area contributed by atoms with Crippen molar-refractivity contribution in [1.29, 1.82) is 0 Å². The zero-order chi connectivity index (χ0) is 24.0. The van der Waals surface area contributed by atoms with E-state index >= 15 is 0 Å². The summed E-state index contributed by atoms with van der Waals surface area (Å²) in [5, 5.41) is 14.0. The van der Waals surface area contributed by atoms with Crippen LogP contribution in [0.15, 0.2) is 60.7 Å². The molecule has 0 bridgehead atoms. The lowest BCUT2D eigenvalue weighted by Gasteiger charge is -2.18. The molecule has 174 valence electrons. The van der Waals surface area contributed by atoms with Gasteiger partial charge in [0.15, 0.2) is 0 Å². The predicted molar refractivity (Wildman–Crippen MR) is 130 cm³/mol. The van der Waals surface area contributed by atoms with Crippen LogP contribution in [0.2, 0.25) is 0 Å². The summed E-state index contributed by atoms with van der Waals surface area (Å²) < 4.78 is 25.4. The summed E-state index contributed by atoms with van der Waals surface area (Å²) in [5.41, 5.74) is 2.96. The molecule has 3 aromatic carbocycles. The van der Waals surface area contributed by atoms with Crippen molar-refractivity contribution >= 4 is 38.4 Å². The number of aliphatic carboxylic acids is 1. The number of sulfonamides is 1. The summed E-state index contributed by atoms with van der Waals surface area (Å²) in [7, 11) is -3.36. The van der Waals surface area contributed by atoms with E-state index in [1.807, 2.05) is 49.4 Å². The van der Waals surface area contributed by atoms with Crippen molar-refractivity contribution in [2.75, 3.05) is 11.6 Å². The van der Waals surface area contributed by atoms with Gasteiger partial charge in [0, 0.05) is 18.7 Å². The van der Waals surface area contributed by atoms with Crippen molar-refractivity contribution in [2.45, 2.75) is 38.6 Å². The summed E-state index contributed by atoms with van der Waals surface area (Å²) in [6.45, 7) is 1.94. The number of hydrogen-bond acceptors (Lipinski definition) is 4. The largest absolute Gasteiger partial charge is 0.481 e. The second kappa shape index (κ2) is 10.6. The summed E-state index contributed by atoms with van der Waals surface area (Å²) in [4.78, 5) is 24.1. The number of hydrogen-bond donors (Lipinski definition) is 3. The second-order valence-corrected chi connectivity index (χ2v) is 9.94. The number of carbonyl (C=O) groups excluding carboxylic acids is 1. The van der Waals surface area contributed by atoms with E-state index in [4.69, 9.17) is 5.11 Å². The number of fused-ring (bicyclic) bond motifs is 1. The van der Waals surface area contributed by atoms with Crippen LogP contribution in [0.1, 0.15) is 42.4 Å². The summed E-state index contributed by atoms with van der Waals surface area (Å²) >= 11 is 0. The zero-order valence-corrected chi connectivity index (χ0v) is 19.5. The van der Waals surface area contributed by atoms with E-state index in [1.165, 1.54) is 0 Å². The fourth-order valence-corrected chi connectivity index (χ4v) is 4.15. The van der Waals surface area contributed by atoms with Gasteiger partial charge in [0.2, 0.25) is 15.9 Å². The van der Waals surface area contributed by atoms with Crippen LogP contribution in [0.25, 0.3) is 10.8 Å². The van der Waals surface area contributed by atoms with Crippen LogP contribution >= 0.6 is 0 Å². The Morgan fingerprint density at radius 3 is 2.48 bits per heavy atom. The van der Waals surface area contributed by atoms with E-state index in [1.54, 1.807) is 18.2 Å². The smallest absolute Gasteiger partial charge is 0.303 e. The summed E-state index contributed by atoms with van der Waals surface area (Å²) in [6, 6.07) is 19.1. The van der Waals surface area contributed by atoms with Gasteiger partial charge < -0.3 is 10.4 Å². The monoisotopic (exact) mass is 468 g/mol. The molecule has 3 N–H and O–H groups in total. The second-order valence-electron chi connectivity index (χ2n) is 8.11. The first kappa shape index (κ1) is 24.4. The predicted octanol–water partition coefficient (Wildman–Crippen LogP) is 4.04. The molecule has 0 aliphatic heterocycles. The van der Waals surface area contributed by atoms with Crippen LogP contribution in [-0.4, -0.2) is 31.7 Å². The van der Waals surface area contributed by atoms with Crippen LogP contribution in [0, 0.1) is 0 Å². The van der Waals surface area contributed by atoms with Crippen LogP contribution in [0.3, 0.4) is 0 Å². The van der Waals surface area contributed by atoms with Crippen molar-refractivity contribution in [3.8, 4) is 0 Å². The van der Waals surface area contributed by atoms with E-state index in [2.05, 4.69) is 10.0 Å². The molecule has 0 spiro atoms. The van der Waals surface area contributed by atoms with E-state index < -0.39 is 21.9 Å². The highest BCUT2D eigenvalue weighted by Gasteiger charge is 2.19.